The highest BCUT2D eigenvalue weighted by Crippen LogP contribution is 2.37. The summed E-state index contributed by atoms with van der Waals surface area (Å²) < 4.78 is 6.75. The topological polar surface area (TPSA) is 81.9 Å². The van der Waals surface area contributed by atoms with Crippen LogP contribution in [0.2, 0.25) is 5.15 Å². The second kappa shape index (κ2) is 7.61. The summed E-state index contributed by atoms with van der Waals surface area (Å²) in [5.74, 6) is -0.261. The minimum atomic E-state index is -0.774. The van der Waals surface area contributed by atoms with Gasteiger partial charge in [0.2, 0.25) is 0 Å². The van der Waals surface area contributed by atoms with Crippen molar-refractivity contribution in [3.05, 3.63) is 23.6 Å². The molecule has 0 aromatic carbocycles. The van der Waals surface area contributed by atoms with E-state index in [1.54, 1.807) is 23.1 Å². The molecule has 26 heavy (non-hydrogen) atoms. The number of hydrogen-bond donors (Lipinski definition) is 1. The molecule has 3 rings (SSSR count). The van der Waals surface area contributed by atoms with E-state index < -0.39 is 5.54 Å². The first-order chi connectivity index (χ1) is 12.5. The lowest BCUT2D eigenvalue weighted by molar-refractivity contribution is -0.154. The van der Waals surface area contributed by atoms with Crippen molar-refractivity contribution in [3.8, 4) is 11.3 Å². The minimum absolute atomic E-state index is 0.224. The van der Waals surface area contributed by atoms with Gasteiger partial charge in [-0.3, -0.25) is 0 Å². The van der Waals surface area contributed by atoms with Crippen LogP contribution in [0.3, 0.4) is 0 Å². The van der Waals surface area contributed by atoms with Crippen LogP contribution in [0.1, 0.15) is 46.0 Å². The van der Waals surface area contributed by atoms with Crippen molar-refractivity contribution in [3.63, 3.8) is 0 Å². The molecule has 2 aromatic heterocycles. The SMILES string of the molecule is COC(=O)C1(n2cc(-c3cnc(Cl)cc3NC(C)C)nn2)CCCCC1. The Hall–Kier alpha value is -2.15. The molecule has 0 atom stereocenters. The van der Waals surface area contributed by atoms with Crippen molar-refractivity contribution in [2.24, 2.45) is 0 Å². The highest BCUT2D eigenvalue weighted by molar-refractivity contribution is 6.29. The normalized spacial score (nSPS) is 16.5. The highest BCUT2D eigenvalue weighted by atomic mass is 35.5. The van der Waals surface area contributed by atoms with Gasteiger partial charge >= 0.3 is 5.97 Å². The minimum Gasteiger partial charge on any atom is -0.467 e. The van der Waals surface area contributed by atoms with Crippen LogP contribution < -0.4 is 5.32 Å². The van der Waals surface area contributed by atoms with Crippen molar-refractivity contribution >= 4 is 23.3 Å². The Bertz CT molecular complexity index is 784. The van der Waals surface area contributed by atoms with Gasteiger partial charge in [0.15, 0.2) is 5.54 Å². The average Bonchev–Trinajstić information content (AvgIpc) is 3.11. The highest BCUT2D eigenvalue weighted by Gasteiger charge is 2.43. The lowest BCUT2D eigenvalue weighted by atomic mass is 9.82. The van der Waals surface area contributed by atoms with Crippen LogP contribution in [0, 0.1) is 0 Å². The summed E-state index contributed by atoms with van der Waals surface area (Å²) in [6, 6.07) is 1.99. The summed E-state index contributed by atoms with van der Waals surface area (Å²) in [7, 11) is 1.42. The van der Waals surface area contributed by atoms with Crippen LogP contribution in [-0.4, -0.2) is 39.1 Å². The molecule has 2 aromatic rings. The van der Waals surface area contributed by atoms with Crippen molar-refractivity contribution in [2.45, 2.75) is 57.5 Å². The van der Waals surface area contributed by atoms with Gasteiger partial charge in [-0.1, -0.05) is 36.1 Å². The lowest BCUT2D eigenvalue weighted by Gasteiger charge is -2.34. The number of pyridine rings is 1. The quantitative estimate of drug-likeness (QED) is 0.632. The number of aromatic nitrogens is 4. The molecule has 8 heteroatoms. The number of carbonyl (C=O) groups excluding carboxylic acids is 1. The Kier molecular flexibility index (Phi) is 5.46. The molecule has 0 saturated heterocycles. The molecule has 7 nitrogen and oxygen atoms in total. The third-order valence-electron chi connectivity index (χ3n) is 4.77. The van der Waals surface area contributed by atoms with E-state index in [1.807, 2.05) is 13.8 Å². The Morgan fingerprint density at radius 2 is 2.08 bits per heavy atom. The molecular formula is C18H24ClN5O2. The molecule has 0 bridgehead atoms. The summed E-state index contributed by atoms with van der Waals surface area (Å²) in [5, 5.41) is 12.3. The first kappa shape index (κ1) is 18.6. The summed E-state index contributed by atoms with van der Waals surface area (Å²) >= 11 is 6.04. The number of rotatable bonds is 5. The zero-order valence-corrected chi connectivity index (χ0v) is 16.1. The maximum absolute atomic E-state index is 12.5. The number of methoxy groups -OCH3 is 1. The van der Waals surface area contributed by atoms with Gasteiger partial charge in [-0.05, 0) is 32.8 Å². The standard InChI is InChI=1S/C18H24ClN5O2/c1-12(2)21-14-9-16(19)20-10-13(14)15-11-24(23-22-15)18(17(25)26-3)7-5-4-6-8-18/h9-12H,4-8H2,1-3H3,(H,20,21). The molecule has 140 valence electrons. The maximum atomic E-state index is 12.5. The fourth-order valence-corrected chi connectivity index (χ4v) is 3.67. The molecule has 1 saturated carbocycles. The monoisotopic (exact) mass is 377 g/mol. The number of ether oxygens (including phenoxy) is 1. The third kappa shape index (κ3) is 3.53. The van der Waals surface area contributed by atoms with Crippen molar-refractivity contribution in [1.82, 2.24) is 20.0 Å². The fourth-order valence-electron chi connectivity index (χ4n) is 3.51. The number of nitrogens with zero attached hydrogens (tertiary/aromatic N) is 4. The van der Waals surface area contributed by atoms with E-state index in [4.69, 9.17) is 16.3 Å². The number of esters is 1. The zero-order chi connectivity index (χ0) is 18.7. The molecule has 2 heterocycles. The molecular weight excluding hydrogens is 354 g/mol. The van der Waals surface area contributed by atoms with E-state index in [0.29, 0.717) is 23.7 Å². The van der Waals surface area contributed by atoms with Gasteiger partial charge < -0.3 is 10.1 Å². The molecule has 0 amide bonds. The third-order valence-corrected chi connectivity index (χ3v) is 4.98. The van der Waals surface area contributed by atoms with Crippen LogP contribution in [0.25, 0.3) is 11.3 Å². The van der Waals surface area contributed by atoms with Crippen molar-refractivity contribution in [1.29, 1.82) is 0 Å². The molecule has 0 radical (unpaired) electrons. The summed E-state index contributed by atoms with van der Waals surface area (Å²) in [4.78, 5) is 16.7. The molecule has 1 N–H and O–H groups in total. The Morgan fingerprint density at radius 3 is 2.73 bits per heavy atom. The first-order valence-electron chi connectivity index (χ1n) is 8.90. The van der Waals surface area contributed by atoms with Gasteiger partial charge in [-0.15, -0.1) is 5.10 Å². The number of carbonyl (C=O) groups is 1. The fraction of sp³-hybridized carbons (Fsp3) is 0.556. The van der Waals surface area contributed by atoms with E-state index >= 15 is 0 Å². The van der Waals surface area contributed by atoms with Crippen LogP contribution in [0.4, 0.5) is 5.69 Å². The molecule has 1 aliphatic carbocycles. The molecule has 0 aliphatic heterocycles. The van der Waals surface area contributed by atoms with Crippen LogP contribution >= 0.6 is 11.6 Å². The second-order valence-corrected chi connectivity index (χ2v) is 7.37. The van der Waals surface area contributed by atoms with Gasteiger partial charge in [0.25, 0.3) is 0 Å². The van der Waals surface area contributed by atoms with Gasteiger partial charge in [-0.25, -0.2) is 14.5 Å². The lowest BCUT2D eigenvalue weighted by Crippen LogP contribution is -2.44. The Balaban J connectivity index is 2.00. The van der Waals surface area contributed by atoms with Crippen LogP contribution in [-0.2, 0) is 15.1 Å². The summed E-state index contributed by atoms with van der Waals surface area (Å²) in [6.07, 6.45) is 7.94. The van der Waals surface area contributed by atoms with Gasteiger partial charge in [0.1, 0.15) is 10.8 Å². The Morgan fingerprint density at radius 1 is 1.35 bits per heavy atom. The van der Waals surface area contributed by atoms with Gasteiger partial charge in [-0.2, -0.15) is 0 Å². The number of anilines is 1. The van der Waals surface area contributed by atoms with Gasteiger partial charge in [0.05, 0.1) is 13.3 Å². The second-order valence-electron chi connectivity index (χ2n) is 6.98. The predicted octanol–water partition coefficient (Wildman–Crippen LogP) is 3.65. The summed E-state index contributed by atoms with van der Waals surface area (Å²) in [5.41, 5.74) is 1.50. The number of nitrogens with one attached hydrogen (secondary N) is 1. The van der Waals surface area contributed by atoms with Crippen molar-refractivity contribution < 1.29 is 9.53 Å². The predicted molar refractivity (Wildman–Crippen MR) is 100 cm³/mol. The van der Waals surface area contributed by atoms with E-state index in [-0.39, 0.29) is 12.0 Å². The van der Waals surface area contributed by atoms with E-state index in [1.165, 1.54) is 7.11 Å². The molecule has 1 aliphatic rings. The maximum Gasteiger partial charge on any atom is 0.333 e. The molecule has 0 spiro atoms. The van der Waals surface area contributed by atoms with Crippen molar-refractivity contribution in [2.75, 3.05) is 12.4 Å². The van der Waals surface area contributed by atoms with Crippen LogP contribution in [0.5, 0.6) is 0 Å². The molecule has 0 unspecified atom stereocenters. The zero-order valence-electron chi connectivity index (χ0n) is 15.3. The molecule has 1 fully saturated rings. The van der Waals surface area contributed by atoms with E-state index in [2.05, 4.69) is 20.6 Å². The largest absolute Gasteiger partial charge is 0.467 e. The Labute approximate surface area is 158 Å². The number of hydrogen-bond acceptors (Lipinski definition) is 6. The average molecular weight is 378 g/mol. The summed E-state index contributed by atoms with van der Waals surface area (Å²) in [6.45, 7) is 4.09. The van der Waals surface area contributed by atoms with Crippen LogP contribution in [0.15, 0.2) is 18.5 Å². The number of halogens is 1. The van der Waals surface area contributed by atoms with E-state index in [9.17, 15) is 4.79 Å². The van der Waals surface area contributed by atoms with Gasteiger partial charge in [0, 0.05) is 23.5 Å². The first-order valence-corrected chi connectivity index (χ1v) is 9.28. The van der Waals surface area contributed by atoms with E-state index in [0.717, 1.165) is 30.5 Å². The smallest absolute Gasteiger partial charge is 0.333 e.